The molecule has 0 amide bonds. The average molecular weight is 299 g/mol. The number of rotatable bonds is 6. The fourth-order valence-corrected chi connectivity index (χ4v) is 3.32. The second kappa shape index (κ2) is 5.41. The van der Waals surface area contributed by atoms with E-state index in [1.54, 1.807) is 0 Å². The summed E-state index contributed by atoms with van der Waals surface area (Å²) in [5.74, 6) is -0.648. The van der Waals surface area contributed by atoms with E-state index in [2.05, 4.69) is 0 Å². The van der Waals surface area contributed by atoms with Gasteiger partial charge in [0.2, 0.25) is 10.0 Å². The molecular weight excluding hydrogens is 282 g/mol. The van der Waals surface area contributed by atoms with Gasteiger partial charge in [0.05, 0.1) is 12.7 Å². The first-order chi connectivity index (χ1) is 9.36. The molecule has 0 bridgehead atoms. The number of carboxylic acid groups (broad SMARTS) is 1. The van der Waals surface area contributed by atoms with E-state index in [1.807, 2.05) is 0 Å². The third kappa shape index (κ3) is 2.94. The van der Waals surface area contributed by atoms with Crippen LogP contribution in [0.4, 0.5) is 0 Å². The summed E-state index contributed by atoms with van der Waals surface area (Å²) >= 11 is 0. The molecule has 0 aromatic heterocycles. The summed E-state index contributed by atoms with van der Waals surface area (Å²) in [6.07, 6.45) is 2.10. The van der Waals surface area contributed by atoms with Crippen LogP contribution in [0.25, 0.3) is 0 Å². The van der Waals surface area contributed by atoms with Crippen LogP contribution >= 0.6 is 0 Å². The summed E-state index contributed by atoms with van der Waals surface area (Å²) in [7, 11) is -0.818. The standard InChI is InChI=1S/C13H17NO5S/c1-14(8-9-3-4-9)20(17,18)12-6-5-10(13(15)16)7-11(12)19-2/h5-7,9H,3-4,8H2,1-2H3,(H,15,16). The van der Waals surface area contributed by atoms with E-state index >= 15 is 0 Å². The van der Waals surface area contributed by atoms with Gasteiger partial charge in [0.1, 0.15) is 10.6 Å². The van der Waals surface area contributed by atoms with Crippen molar-refractivity contribution in [2.24, 2.45) is 5.92 Å². The van der Waals surface area contributed by atoms with Crippen LogP contribution in [0.15, 0.2) is 23.1 Å². The Balaban J connectivity index is 2.36. The quantitative estimate of drug-likeness (QED) is 0.859. The smallest absolute Gasteiger partial charge is 0.335 e. The lowest BCUT2D eigenvalue weighted by Crippen LogP contribution is -2.29. The summed E-state index contributed by atoms with van der Waals surface area (Å²) in [6.45, 7) is 0.478. The highest BCUT2D eigenvalue weighted by molar-refractivity contribution is 7.89. The zero-order valence-electron chi connectivity index (χ0n) is 11.4. The van der Waals surface area contributed by atoms with Crippen LogP contribution in [-0.2, 0) is 10.0 Å². The molecule has 0 spiro atoms. The van der Waals surface area contributed by atoms with Crippen LogP contribution in [0.2, 0.25) is 0 Å². The van der Waals surface area contributed by atoms with Gasteiger partial charge in [-0.3, -0.25) is 0 Å². The minimum atomic E-state index is -3.66. The third-order valence-electron chi connectivity index (χ3n) is 3.31. The number of benzene rings is 1. The summed E-state index contributed by atoms with van der Waals surface area (Å²) < 4.78 is 31.2. The lowest BCUT2D eigenvalue weighted by atomic mass is 10.2. The van der Waals surface area contributed by atoms with E-state index in [4.69, 9.17) is 9.84 Å². The van der Waals surface area contributed by atoms with Gasteiger partial charge in [-0.15, -0.1) is 0 Å². The van der Waals surface area contributed by atoms with Gasteiger partial charge < -0.3 is 9.84 Å². The lowest BCUT2D eigenvalue weighted by Gasteiger charge is -2.18. The van der Waals surface area contributed by atoms with Gasteiger partial charge >= 0.3 is 5.97 Å². The molecule has 1 aliphatic rings. The Labute approximate surface area is 118 Å². The highest BCUT2D eigenvalue weighted by Gasteiger charge is 2.31. The van der Waals surface area contributed by atoms with Crippen LogP contribution in [-0.4, -0.2) is 44.5 Å². The Morgan fingerprint density at radius 1 is 1.45 bits per heavy atom. The monoisotopic (exact) mass is 299 g/mol. The van der Waals surface area contributed by atoms with Crippen LogP contribution in [0, 0.1) is 5.92 Å². The maximum Gasteiger partial charge on any atom is 0.335 e. The first-order valence-electron chi connectivity index (χ1n) is 6.24. The van der Waals surface area contributed by atoms with Crippen molar-refractivity contribution >= 4 is 16.0 Å². The fourth-order valence-electron chi connectivity index (χ4n) is 1.94. The van der Waals surface area contributed by atoms with E-state index in [-0.39, 0.29) is 16.2 Å². The Bertz CT molecular complexity index is 622. The average Bonchev–Trinajstić information content (AvgIpc) is 3.21. The number of aromatic carboxylic acids is 1. The molecule has 6 nitrogen and oxygen atoms in total. The normalized spacial score (nSPS) is 15.3. The van der Waals surface area contributed by atoms with Crippen molar-refractivity contribution in [1.82, 2.24) is 4.31 Å². The first-order valence-corrected chi connectivity index (χ1v) is 7.68. The van der Waals surface area contributed by atoms with Gasteiger partial charge in [0, 0.05) is 13.6 Å². The van der Waals surface area contributed by atoms with Crippen molar-refractivity contribution < 1.29 is 23.1 Å². The van der Waals surface area contributed by atoms with E-state index < -0.39 is 16.0 Å². The number of methoxy groups -OCH3 is 1. The summed E-state index contributed by atoms with van der Waals surface area (Å²) in [5.41, 5.74) is -0.00866. The minimum Gasteiger partial charge on any atom is -0.495 e. The van der Waals surface area contributed by atoms with Crippen molar-refractivity contribution in [3.05, 3.63) is 23.8 Å². The molecule has 0 saturated heterocycles. The third-order valence-corrected chi connectivity index (χ3v) is 5.17. The number of hydrogen-bond acceptors (Lipinski definition) is 4. The summed E-state index contributed by atoms with van der Waals surface area (Å²) in [6, 6.07) is 3.77. The maximum atomic E-state index is 12.5. The van der Waals surface area contributed by atoms with Crippen LogP contribution in [0.3, 0.4) is 0 Å². The van der Waals surface area contributed by atoms with Crippen molar-refractivity contribution in [2.45, 2.75) is 17.7 Å². The zero-order valence-corrected chi connectivity index (χ0v) is 12.2. The predicted molar refractivity (Wildman–Crippen MR) is 72.5 cm³/mol. The molecular formula is C13H17NO5S. The molecule has 20 heavy (non-hydrogen) atoms. The highest BCUT2D eigenvalue weighted by Crippen LogP contribution is 2.33. The molecule has 0 aliphatic heterocycles. The van der Waals surface area contributed by atoms with E-state index in [0.29, 0.717) is 12.5 Å². The van der Waals surface area contributed by atoms with Gasteiger partial charge in [-0.05, 0) is 37.0 Å². The van der Waals surface area contributed by atoms with Gasteiger partial charge in [-0.2, -0.15) is 0 Å². The Hall–Kier alpha value is -1.60. The molecule has 1 aliphatic carbocycles. The minimum absolute atomic E-state index is 0.00634. The van der Waals surface area contributed by atoms with Crippen molar-refractivity contribution in [3.8, 4) is 5.75 Å². The van der Waals surface area contributed by atoms with Gasteiger partial charge in [-0.1, -0.05) is 0 Å². The molecule has 1 N–H and O–H groups in total. The molecule has 1 fully saturated rings. The maximum absolute atomic E-state index is 12.5. The number of ether oxygens (including phenoxy) is 1. The van der Waals surface area contributed by atoms with Crippen molar-refractivity contribution in [1.29, 1.82) is 0 Å². The van der Waals surface area contributed by atoms with Crippen LogP contribution in [0.1, 0.15) is 23.2 Å². The molecule has 0 heterocycles. The van der Waals surface area contributed by atoms with Crippen LogP contribution in [0.5, 0.6) is 5.75 Å². The van der Waals surface area contributed by atoms with Gasteiger partial charge in [0.15, 0.2) is 0 Å². The van der Waals surface area contributed by atoms with Gasteiger partial charge in [-0.25, -0.2) is 17.5 Å². The van der Waals surface area contributed by atoms with E-state index in [9.17, 15) is 13.2 Å². The second-order valence-corrected chi connectivity index (χ2v) is 6.91. The number of nitrogens with zero attached hydrogens (tertiary/aromatic N) is 1. The SMILES string of the molecule is COc1cc(C(=O)O)ccc1S(=O)(=O)N(C)CC1CC1. The number of hydrogen-bond donors (Lipinski definition) is 1. The zero-order chi connectivity index (χ0) is 14.9. The summed E-state index contributed by atoms with van der Waals surface area (Å²) in [4.78, 5) is 10.9. The molecule has 0 radical (unpaired) electrons. The number of carbonyl (C=O) groups is 1. The molecule has 0 unspecified atom stereocenters. The largest absolute Gasteiger partial charge is 0.495 e. The molecule has 7 heteroatoms. The van der Waals surface area contributed by atoms with Gasteiger partial charge in [0.25, 0.3) is 0 Å². The Morgan fingerprint density at radius 3 is 2.60 bits per heavy atom. The van der Waals surface area contributed by atoms with E-state index in [1.165, 1.54) is 36.7 Å². The van der Waals surface area contributed by atoms with Crippen molar-refractivity contribution in [3.63, 3.8) is 0 Å². The number of sulfonamides is 1. The lowest BCUT2D eigenvalue weighted by molar-refractivity contribution is 0.0696. The molecule has 1 saturated carbocycles. The number of carboxylic acids is 1. The Kier molecular flexibility index (Phi) is 4.01. The fraction of sp³-hybridized carbons (Fsp3) is 0.462. The molecule has 110 valence electrons. The molecule has 0 atom stereocenters. The first kappa shape index (κ1) is 14.8. The van der Waals surface area contributed by atoms with Crippen LogP contribution < -0.4 is 4.74 Å². The molecule has 1 aromatic carbocycles. The summed E-state index contributed by atoms with van der Waals surface area (Å²) in [5, 5.41) is 8.92. The molecule has 2 rings (SSSR count). The highest BCUT2D eigenvalue weighted by atomic mass is 32.2. The van der Waals surface area contributed by atoms with Crippen molar-refractivity contribution in [2.75, 3.05) is 20.7 Å². The second-order valence-electron chi connectivity index (χ2n) is 4.90. The molecule has 1 aromatic rings. The predicted octanol–water partition coefficient (Wildman–Crippen LogP) is 1.42. The topological polar surface area (TPSA) is 83.9 Å². The Morgan fingerprint density at radius 2 is 2.10 bits per heavy atom. The van der Waals surface area contributed by atoms with E-state index in [0.717, 1.165) is 12.8 Å².